The number of carbonyl (C=O) groups is 1. The number of benzene rings is 2. The second kappa shape index (κ2) is 8.19. The van der Waals surface area contributed by atoms with E-state index in [1.165, 1.54) is 0 Å². The Hall–Kier alpha value is -2.53. The Bertz CT molecular complexity index is 671. The van der Waals surface area contributed by atoms with Crippen LogP contribution >= 0.6 is 0 Å². The number of hydrogen-bond donors (Lipinski definition) is 2. The fourth-order valence-electron chi connectivity index (χ4n) is 2.31. The molecule has 0 fully saturated rings. The maximum absolute atomic E-state index is 12.0. The Morgan fingerprint density at radius 2 is 1.87 bits per heavy atom. The van der Waals surface area contributed by atoms with Crippen molar-refractivity contribution in [2.45, 2.75) is 20.1 Å². The molecule has 23 heavy (non-hydrogen) atoms. The van der Waals surface area contributed by atoms with Crippen molar-refractivity contribution in [3.63, 3.8) is 0 Å². The fourth-order valence-corrected chi connectivity index (χ4v) is 2.31. The molecule has 0 saturated carbocycles. The van der Waals surface area contributed by atoms with Crippen molar-refractivity contribution >= 4 is 11.7 Å². The van der Waals surface area contributed by atoms with Crippen molar-refractivity contribution < 1.29 is 14.3 Å². The van der Waals surface area contributed by atoms with Crippen LogP contribution in [0.25, 0.3) is 0 Å². The number of rotatable bonds is 6. The molecule has 0 atom stereocenters. The molecule has 0 unspecified atom stereocenters. The molecule has 2 N–H and O–H groups in total. The van der Waals surface area contributed by atoms with Gasteiger partial charge in [0.1, 0.15) is 5.75 Å². The minimum absolute atomic E-state index is 0.244. The van der Waals surface area contributed by atoms with E-state index < -0.39 is 0 Å². The molecule has 0 saturated heterocycles. The number of hydrogen-bond acceptors (Lipinski definition) is 3. The summed E-state index contributed by atoms with van der Waals surface area (Å²) < 4.78 is 10.3. The maximum atomic E-state index is 12.0. The number of methoxy groups -OCH3 is 2. The lowest BCUT2D eigenvalue weighted by atomic mass is 10.1. The van der Waals surface area contributed by atoms with Crippen LogP contribution in [0.15, 0.2) is 42.5 Å². The van der Waals surface area contributed by atoms with Gasteiger partial charge in [-0.15, -0.1) is 0 Å². The second-order valence-corrected chi connectivity index (χ2v) is 5.25. The summed E-state index contributed by atoms with van der Waals surface area (Å²) in [5.41, 5.74) is 3.81. The number of carbonyl (C=O) groups excluding carboxylic acids is 1. The van der Waals surface area contributed by atoms with Gasteiger partial charge in [0.15, 0.2) is 0 Å². The van der Waals surface area contributed by atoms with Crippen molar-refractivity contribution in [2.24, 2.45) is 0 Å². The van der Waals surface area contributed by atoms with Crippen molar-refractivity contribution in [1.29, 1.82) is 0 Å². The minimum Gasteiger partial charge on any atom is -0.496 e. The topological polar surface area (TPSA) is 59.6 Å². The number of urea groups is 1. The van der Waals surface area contributed by atoms with Crippen LogP contribution in [-0.4, -0.2) is 20.3 Å². The lowest BCUT2D eigenvalue weighted by molar-refractivity contribution is 0.185. The highest BCUT2D eigenvalue weighted by Gasteiger charge is 2.05. The van der Waals surface area contributed by atoms with Crippen molar-refractivity contribution in [3.8, 4) is 5.75 Å². The van der Waals surface area contributed by atoms with Gasteiger partial charge in [-0.05, 0) is 41.8 Å². The minimum atomic E-state index is -0.244. The lowest BCUT2D eigenvalue weighted by Gasteiger charge is -2.10. The predicted octanol–water partition coefficient (Wildman–Crippen LogP) is 3.47. The smallest absolute Gasteiger partial charge is 0.319 e. The summed E-state index contributed by atoms with van der Waals surface area (Å²) in [6.45, 7) is 2.95. The van der Waals surface area contributed by atoms with Crippen LogP contribution in [0.2, 0.25) is 0 Å². The summed E-state index contributed by atoms with van der Waals surface area (Å²) in [7, 11) is 3.29. The van der Waals surface area contributed by atoms with Gasteiger partial charge in [0.25, 0.3) is 0 Å². The second-order valence-electron chi connectivity index (χ2n) is 5.25. The molecule has 0 spiro atoms. The van der Waals surface area contributed by atoms with E-state index in [-0.39, 0.29) is 6.03 Å². The first kappa shape index (κ1) is 16.8. The standard InChI is InChI=1S/C18H22N2O3/c1-13-9-16(7-8-17(13)23-3)20-18(21)19-11-14-5-4-6-15(10-14)12-22-2/h4-10H,11-12H2,1-3H3,(H2,19,20,21). The van der Waals surface area contributed by atoms with Gasteiger partial charge in [-0.1, -0.05) is 24.3 Å². The molecule has 2 rings (SSSR count). The average Bonchev–Trinajstić information content (AvgIpc) is 2.54. The molecule has 0 aliphatic heterocycles. The lowest BCUT2D eigenvalue weighted by Crippen LogP contribution is -2.28. The van der Waals surface area contributed by atoms with Crippen LogP contribution in [0.3, 0.4) is 0 Å². The van der Waals surface area contributed by atoms with E-state index in [4.69, 9.17) is 9.47 Å². The zero-order chi connectivity index (χ0) is 16.7. The van der Waals surface area contributed by atoms with Crippen LogP contribution in [-0.2, 0) is 17.9 Å². The van der Waals surface area contributed by atoms with Crippen LogP contribution in [0.1, 0.15) is 16.7 Å². The molecule has 5 heteroatoms. The summed E-state index contributed by atoms with van der Waals surface area (Å²) in [6.07, 6.45) is 0. The molecule has 0 heterocycles. The number of anilines is 1. The van der Waals surface area contributed by atoms with Crippen LogP contribution in [0.5, 0.6) is 5.75 Å². The van der Waals surface area contributed by atoms with Crippen molar-refractivity contribution in [1.82, 2.24) is 5.32 Å². The third kappa shape index (κ3) is 5.00. The monoisotopic (exact) mass is 314 g/mol. The zero-order valence-electron chi connectivity index (χ0n) is 13.7. The van der Waals surface area contributed by atoms with Gasteiger partial charge in [0.05, 0.1) is 13.7 Å². The molecule has 0 aliphatic carbocycles. The average molecular weight is 314 g/mol. The molecular weight excluding hydrogens is 292 g/mol. The zero-order valence-corrected chi connectivity index (χ0v) is 13.7. The largest absolute Gasteiger partial charge is 0.496 e. The van der Waals surface area contributed by atoms with E-state index in [9.17, 15) is 4.79 Å². The molecule has 5 nitrogen and oxygen atoms in total. The Labute approximate surface area is 136 Å². The normalized spacial score (nSPS) is 10.2. The number of nitrogens with one attached hydrogen (secondary N) is 2. The van der Waals surface area contributed by atoms with E-state index >= 15 is 0 Å². The van der Waals surface area contributed by atoms with E-state index in [1.54, 1.807) is 14.2 Å². The SMILES string of the molecule is COCc1cccc(CNC(=O)Nc2ccc(OC)c(C)c2)c1. The summed E-state index contributed by atoms with van der Waals surface area (Å²) >= 11 is 0. The highest BCUT2D eigenvalue weighted by molar-refractivity contribution is 5.89. The Morgan fingerprint density at radius 1 is 1.09 bits per heavy atom. The molecule has 2 aromatic carbocycles. The first-order valence-corrected chi connectivity index (χ1v) is 7.38. The van der Waals surface area contributed by atoms with E-state index in [0.29, 0.717) is 13.2 Å². The summed E-state index contributed by atoms with van der Waals surface area (Å²) in [5.74, 6) is 0.797. The maximum Gasteiger partial charge on any atom is 0.319 e. The van der Waals surface area contributed by atoms with Gasteiger partial charge in [-0.2, -0.15) is 0 Å². The summed E-state index contributed by atoms with van der Waals surface area (Å²) in [5, 5.41) is 5.66. The van der Waals surface area contributed by atoms with Gasteiger partial charge in [0, 0.05) is 19.3 Å². The Kier molecular flexibility index (Phi) is 6.00. The van der Waals surface area contributed by atoms with Gasteiger partial charge in [-0.25, -0.2) is 4.79 Å². The van der Waals surface area contributed by atoms with Crippen molar-refractivity contribution in [3.05, 3.63) is 59.2 Å². The third-order valence-electron chi connectivity index (χ3n) is 3.41. The quantitative estimate of drug-likeness (QED) is 0.858. The number of amides is 2. The molecule has 0 aromatic heterocycles. The van der Waals surface area contributed by atoms with E-state index in [0.717, 1.165) is 28.1 Å². The van der Waals surface area contributed by atoms with Gasteiger partial charge < -0.3 is 20.1 Å². The molecule has 2 amide bonds. The van der Waals surface area contributed by atoms with Crippen LogP contribution < -0.4 is 15.4 Å². The van der Waals surface area contributed by atoms with Gasteiger partial charge in [-0.3, -0.25) is 0 Å². The molecule has 122 valence electrons. The third-order valence-corrected chi connectivity index (χ3v) is 3.41. The Balaban J connectivity index is 1.90. The summed E-state index contributed by atoms with van der Waals surface area (Å²) in [4.78, 5) is 12.0. The number of ether oxygens (including phenoxy) is 2. The van der Waals surface area contributed by atoms with Crippen LogP contribution in [0.4, 0.5) is 10.5 Å². The molecule has 0 bridgehead atoms. The van der Waals surface area contributed by atoms with E-state index in [1.807, 2.05) is 49.4 Å². The molecule has 0 radical (unpaired) electrons. The first-order chi connectivity index (χ1) is 11.1. The Morgan fingerprint density at radius 3 is 2.57 bits per heavy atom. The first-order valence-electron chi connectivity index (χ1n) is 7.38. The molecular formula is C18H22N2O3. The van der Waals surface area contributed by atoms with Crippen LogP contribution in [0, 0.1) is 6.92 Å². The summed E-state index contributed by atoms with van der Waals surface area (Å²) in [6, 6.07) is 13.2. The number of aryl methyl sites for hydroxylation is 1. The molecule has 2 aromatic rings. The van der Waals surface area contributed by atoms with E-state index in [2.05, 4.69) is 10.6 Å². The molecule has 0 aliphatic rings. The fraction of sp³-hybridized carbons (Fsp3) is 0.278. The van der Waals surface area contributed by atoms with Crippen molar-refractivity contribution in [2.75, 3.05) is 19.5 Å². The highest BCUT2D eigenvalue weighted by atomic mass is 16.5. The predicted molar refractivity (Wildman–Crippen MR) is 90.7 cm³/mol. The van der Waals surface area contributed by atoms with Gasteiger partial charge >= 0.3 is 6.03 Å². The van der Waals surface area contributed by atoms with Gasteiger partial charge in [0.2, 0.25) is 0 Å². The highest BCUT2D eigenvalue weighted by Crippen LogP contribution is 2.21.